The fraction of sp³-hybridized carbons (Fsp3) is 0.400. The molecule has 1 unspecified atom stereocenters. The largest absolute Gasteiger partial charge is 0.466 e. The molecule has 0 saturated carbocycles. The van der Waals surface area contributed by atoms with Crippen molar-refractivity contribution in [3.05, 3.63) is 48.0 Å². The molecule has 0 N–H and O–H groups in total. The van der Waals surface area contributed by atoms with Gasteiger partial charge in [-0.25, -0.2) is 4.79 Å². The lowest BCUT2D eigenvalue weighted by Gasteiger charge is -2.13. The maximum atomic E-state index is 10.9. The van der Waals surface area contributed by atoms with E-state index >= 15 is 0 Å². The Kier molecular flexibility index (Phi) is 4.53. The number of benzene rings is 1. The summed E-state index contributed by atoms with van der Waals surface area (Å²) in [6.07, 6.45) is 4.56. The van der Waals surface area contributed by atoms with E-state index in [9.17, 15) is 4.79 Å². The number of nitrogens with zero attached hydrogens (tertiary/aromatic N) is 1. The van der Waals surface area contributed by atoms with Crippen LogP contribution in [0.25, 0.3) is 0 Å². The van der Waals surface area contributed by atoms with Crippen LogP contribution in [0.4, 0.5) is 0 Å². The van der Waals surface area contributed by atoms with E-state index in [0.29, 0.717) is 5.92 Å². The maximum absolute atomic E-state index is 10.9. The van der Waals surface area contributed by atoms with Crippen LogP contribution in [0.15, 0.2) is 42.5 Å². The van der Waals surface area contributed by atoms with Crippen LogP contribution in [0.2, 0.25) is 0 Å². The summed E-state index contributed by atoms with van der Waals surface area (Å²) in [5.41, 5.74) is 1.41. The van der Waals surface area contributed by atoms with Gasteiger partial charge in [0.2, 0.25) is 0 Å². The average Bonchev–Trinajstić information content (AvgIpc) is 2.88. The van der Waals surface area contributed by atoms with Crippen molar-refractivity contribution in [1.82, 2.24) is 4.90 Å². The Morgan fingerprint density at radius 2 is 2.22 bits per heavy atom. The second-order valence-corrected chi connectivity index (χ2v) is 4.58. The van der Waals surface area contributed by atoms with Crippen LogP contribution in [0, 0.1) is 0 Å². The van der Waals surface area contributed by atoms with Crippen LogP contribution >= 0.6 is 0 Å². The Morgan fingerprint density at radius 3 is 2.94 bits per heavy atom. The number of hydrogen-bond acceptors (Lipinski definition) is 3. The molecule has 1 aromatic carbocycles. The molecule has 3 heteroatoms. The molecule has 1 fully saturated rings. The van der Waals surface area contributed by atoms with Gasteiger partial charge in [0.15, 0.2) is 0 Å². The minimum absolute atomic E-state index is 0.284. The summed E-state index contributed by atoms with van der Waals surface area (Å²) < 4.78 is 4.56. The van der Waals surface area contributed by atoms with Crippen molar-refractivity contribution in [2.45, 2.75) is 12.3 Å². The summed E-state index contributed by atoms with van der Waals surface area (Å²) in [6, 6.07) is 10.6. The lowest BCUT2D eigenvalue weighted by Crippen LogP contribution is -2.20. The molecule has 18 heavy (non-hydrogen) atoms. The maximum Gasteiger partial charge on any atom is 0.330 e. The molecule has 0 spiro atoms. The fourth-order valence-corrected chi connectivity index (χ4v) is 2.36. The number of carbonyl (C=O) groups is 1. The van der Waals surface area contributed by atoms with E-state index in [2.05, 4.69) is 40.0 Å². The summed E-state index contributed by atoms with van der Waals surface area (Å²) in [5.74, 6) is 0.339. The van der Waals surface area contributed by atoms with E-state index < -0.39 is 0 Å². The molecule has 1 saturated heterocycles. The van der Waals surface area contributed by atoms with Crippen LogP contribution in [-0.2, 0) is 9.53 Å². The topological polar surface area (TPSA) is 29.5 Å². The zero-order chi connectivity index (χ0) is 12.8. The second-order valence-electron chi connectivity index (χ2n) is 4.58. The molecule has 0 bridgehead atoms. The average molecular weight is 245 g/mol. The number of hydrogen-bond donors (Lipinski definition) is 0. The van der Waals surface area contributed by atoms with Gasteiger partial charge in [-0.3, -0.25) is 4.90 Å². The quantitative estimate of drug-likeness (QED) is 0.601. The van der Waals surface area contributed by atoms with Crippen LogP contribution in [0.5, 0.6) is 0 Å². The Balaban J connectivity index is 1.82. The van der Waals surface area contributed by atoms with Gasteiger partial charge in [-0.2, -0.15) is 0 Å². The van der Waals surface area contributed by atoms with E-state index in [0.717, 1.165) is 19.6 Å². The summed E-state index contributed by atoms with van der Waals surface area (Å²) >= 11 is 0. The second kappa shape index (κ2) is 6.36. The number of rotatable bonds is 4. The van der Waals surface area contributed by atoms with Crippen molar-refractivity contribution in [2.24, 2.45) is 0 Å². The van der Waals surface area contributed by atoms with Gasteiger partial charge in [0.25, 0.3) is 0 Å². The predicted molar refractivity (Wildman–Crippen MR) is 71.4 cm³/mol. The highest BCUT2D eigenvalue weighted by atomic mass is 16.5. The standard InChI is InChI=1S/C15H19NO2/c1-18-15(17)8-5-10-16-11-9-14(12-16)13-6-3-2-4-7-13/h2-8,14H,9-12H2,1H3/b8-5+. The van der Waals surface area contributed by atoms with Crippen molar-refractivity contribution in [3.63, 3.8) is 0 Å². The molecular weight excluding hydrogens is 226 g/mol. The van der Waals surface area contributed by atoms with Crippen LogP contribution in [0.3, 0.4) is 0 Å². The highest BCUT2D eigenvalue weighted by Gasteiger charge is 2.22. The minimum atomic E-state index is -0.284. The first kappa shape index (κ1) is 12.8. The molecule has 1 aromatic rings. The SMILES string of the molecule is COC(=O)/C=C/CN1CCC(c2ccccc2)C1. The first-order valence-corrected chi connectivity index (χ1v) is 6.31. The molecule has 96 valence electrons. The molecule has 0 aromatic heterocycles. The summed E-state index contributed by atoms with van der Waals surface area (Å²) in [7, 11) is 1.40. The van der Waals surface area contributed by atoms with E-state index in [-0.39, 0.29) is 5.97 Å². The zero-order valence-corrected chi connectivity index (χ0v) is 10.7. The van der Waals surface area contributed by atoms with Crippen molar-refractivity contribution in [3.8, 4) is 0 Å². The number of likely N-dealkylation sites (tertiary alicyclic amines) is 1. The summed E-state index contributed by atoms with van der Waals surface area (Å²) in [5, 5.41) is 0. The minimum Gasteiger partial charge on any atom is -0.466 e. The molecule has 1 atom stereocenters. The van der Waals surface area contributed by atoms with Gasteiger partial charge in [-0.15, -0.1) is 0 Å². The highest BCUT2D eigenvalue weighted by molar-refractivity contribution is 5.81. The van der Waals surface area contributed by atoms with E-state index in [4.69, 9.17) is 0 Å². The Hall–Kier alpha value is -1.61. The summed E-state index contributed by atoms with van der Waals surface area (Å²) in [4.78, 5) is 13.3. The molecule has 1 aliphatic rings. The highest BCUT2D eigenvalue weighted by Crippen LogP contribution is 2.26. The monoisotopic (exact) mass is 245 g/mol. The number of carbonyl (C=O) groups excluding carboxylic acids is 1. The van der Waals surface area contributed by atoms with Crippen LogP contribution in [0.1, 0.15) is 17.9 Å². The lowest BCUT2D eigenvalue weighted by atomic mass is 9.99. The third-order valence-electron chi connectivity index (χ3n) is 3.36. The molecule has 0 radical (unpaired) electrons. The Labute approximate surface area is 108 Å². The van der Waals surface area contributed by atoms with Gasteiger partial charge in [0, 0.05) is 19.2 Å². The van der Waals surface area contributed by atoms with Crippen molar-refractivity contribution < 1.29 is 9.53 Å². The molecule has 0 amide bonds. The van der Waals surface area contributed by atoms with Gasteiger partial charge in [0.05, 0.1) is 7.11 Å². The number of esters is 1. The molecule has 2 rings (SSSR count). The van der Waals surface area contributed by atoms with Gasteiger partial charge in [0.1, 0.15) is 0 Å². The number of methoxy groups -OCH3 is 1. The van der Waals surface area contributed by atoms with Crippen molar-refractivity contribution in [2.75, 3.05) is 26.7 Å². The van der Waals surface area contributed by atoms with E-state index in [1.807, 2.05) is 6.08 Å². The molecule has 0 aliphatic carbocycles. The molecule has 1 heterocycles. The van der Waals surface area contributed by atoms with Gasteiger partial charge < -0.3 is 4.74 Å². The van der Waals surface area contributed by atoms with Crippen LogP contribution in [-0.4, -0.2) is 37.6 Å². The number of ether oxygens (including phenoxy) is 1. The first-order chi connectivity index (χ1) is 8.79. The molecular formula is C15H19NO2. The Bertz CT molecular complexity index is 414. The zero-order valence-electron chi connectivity index (χ0n) is 10.7. The van der Waals surface area contributed by atoms with Gasteiger partial charge in [-0.05, 0) is 24.4 Å². The van der Waals surface area contributed by atoms with E-state index in [1.165, 1.54) is 25.2 Å². The van der Waals surface area contributed by atoms with Gasteiger partial charge in [-0.1, -0.05) is 36.4 Å². The lowest BCUT2D eigenvalue weighted by molar-refractivity contribution is -0.134. The third-order valence-corrected chi connectivity index (χ3v) is 3.36. The smallest absolute Gasteiger partial charge is 0.330 e. The normalized spacial score (nSPS) is 20.4. The van der Waals surface area contributed by atoms with E-state index in [1.54, 1.807) is 0 Å². The third kappa shape index (κ3) is 3.44. The Morgan fingerprint density at radius 1 is 1.44 bits per heavy atom. The fourth-order valence-electron chi connectivity index (χ4n) is 2.36. The van der Waals surface area contributed by atoms with Crippen molar-refractivity contribution >= 4 is 5.97 Å². The first-order valence-electron chi connectivity index (χ1n) is 6.31. The molecule has 1 aliphatic heterocycles. The molecule has 3 nitrogen and oxygen atoms in total. The summed E-state index contributed by atoms with van der Waals surface area (Å²) in [6.45, 7) is 2.97. The van der Waals surface area contributed by atoms with Gasteiger partial charge >= 0.3 is 5.97 Å². The van der Waals surface area contributed by atoms with Crippen molar-refractivity contribution in [1.29, 1.82) is 0 Å². The predicted octanol–water partition coefficient (Wildman–Crippen LogP) is 2.21. The van der Waals surface area contributed by atoms with Crippen LogP contribution < -0.4 is 0 Å².